The van der Waals surface area contributed by atoms with Gasteiger partial charge >= 0.3 is 0 Å². The zero-order chi connectivity index (χ0) is 24.8. The van der Waals surface area contributed by atoms with Crippen LogP contribution in [0.4, 0.5) is 10.5 Å². The minimum atomic E-state index is -0.447. The third kappa shape index (κ3) is 6.27. The van der Waals surface area contributed by atoms with Crippen molar-refractivity contribution in [1.82, 2.24) is 4.90 Å². The molecule has 0 bridgehead atoms. The lowest BCUT2D eigenvalue weighted by molar-refractivity contribution is -0.384. The Morgan fingerprint density at radius 3 is 2.40 bits per heavy atom. The maximum Gasteiger partial charge on any atom is 0.293 e. The summed E-state index contributed by atoms with van der Waals surface area (Å²) in [6, 6.07) is 20.8. The molecule has 2 amide bonds. The molecule has 0 radical (unpaired) electrons. The largest absolute Gasteiger partial charge is 0.492 e. The van der Waals surface area contributed by atoms with Crippen LogP contribution in [0, 0.1) is 17.0 Å². The fourth-order valence-corrected chi connectivity index (χ4v) is 4.21. The van der Waals surface area contributed by atoms with Gasteiger partial charge in [-0.2, -0.15) is 0 Å². The van der Waals surface area contributed by atoms with E-state index in [9.17, 15) is 19.7 Å². The van der Waals surface area contributed by atoms with Crippen LogP contribution in [0.5, 0.6) is 11.5 Å². The number of nitro benzene ring substituents is 1. The summed E-state index contributed by atoms with van der Waals surface area (Å²) in [5.41, 5.74) is 2.66. The van der Waals surface area contributed by atoms with Gasteiger partial charge in [0.15, 0.2) is 0 Å². The number of non-ortho nitro benzene ring substituents is 1. The van der Waals surface area contributed by atoms with Crippen molar-refractivity contribution in [1.29, 1.82) is 0 Å². The van der Waals surface area contributed by atoms with Gasteiger partial charge in [0.25, 0.3) is 16.8 Å². The van der Waals surface area contributed by atoms with E-state index < -0.39 is 4.92 Å². The van der Waals surface area contributed by atoms with E-state index in [-0.39, 0.29) is 36.6 Å². The number of hydrogen-bond acceptors (Lipinski definition) is 7. The number of carbonyl (C=O) groups is 2. The molecule has 1 heterocycles. The average molecular weight is 491 g/mol. The lowest BCUT2D eigenvalue weighted by atomic mass is 10.2. The van der Waals surface area contributed by atoms with Crippen molar-refractivity contribution in [3.63, 3.8) is 0 Å². The molecular weight excluding hydrogens is 468 g/mol. The minimum absolute atomic E-state index is 0.0290. The van der Waals surface area contributed by atoms with E-state index >= 15 is 0 Å². The van der Waals surface area contributed by atoms with Gasteiger partial charge in [0, 0.05) is 12.1 Å². The highest BCUT2D eigenvalue weighted by Gasteiger charge is 2.34. The first-order chi connectivity index (χ1) is 16.9. The molecule has 0 aliphatic carbocycles. The Morgan fingerprint density at radius 1 is 0.971 bits per heavy atom. The lowest BCUT2D eigenvalue weighted by Gasteiger charge is -2.13. The molecule has 0 aromatic heterocycles. The number of nitro groups is 1. The highest BCUT2D eigenvalue weighted by molar-refractivity contribution is 8.18. The fourth-order valence-electron chi connectivity index (χ4n) is 3.34. The van der Waals surface area contributed by atoms with Crippen molar-refractivity contribution in [2.75, 3.05) is 13.2 Å². The topological polar surface area (TPSA) is 99.0 Å². The standard InChI is InChI=1S/C26H22N2O6S/c1-18-3-2-4-23(15-18)33-14-13-27-25(29)24(35-26(27)30)16-19-7-11-22(12-8-19)34-17-20-5-9-21(10-6-20)28(31)32/h2-12,15-16H,13-14,17H2,1H3/b24-16-. The van der Waals surface area contributed by atoms with Crippen molar-refractivity contribution >= 4 is 34.7 Å². The summed E-state index contributed by atoms with van der Waals surface area (Å²) in [4.78, 5) is 36.9. The van der Waals surface area contributed by atoms with Gasteiger partial charge in [-0.25, -0.2) is 0 Å². The van der Waals surface area contributed by atoms with Gasteiger partial charge in [-0.05, 0) is 77.9 Å². The number of carbonyl (C=O) groups excluding carboxylic acids is 2. The van der Waals surface area contributed by atoms with Crippen LogP contribution in [0.2, 0.25) is 0 Å². The van der Waals surface area contributed by atoms with Crippen LogP contribution in [0.3, 0.4) is 0 Å². The van der Waals surface area contributed by atoms with Crippen LogP contribution < -0.4 is 9.47 Å². The second kappa shape index (κ2) is 10.9. The molecule has 0 atom stereocenters. The molecule has 0 unspecified atom stereocenters. The van der Waals surface area contributed by atoms with Crippen LogP contribution in [0.15, 0.2) is 77.7 Å². The summed E-state index contributed by atoms with van der Waals surface area (Å²) in [5, 5.41) is 10.4. The Labute approximate surface area is 206 Å². The number of nitrogens with zero attached hydrogens (tertiary/aromatic N) is 2. The molecule has 1 saturated heterocycles. The predicted octanol–water partition coefficient (Wildman–Crippen LogP) is 5.60. The molecule has 3 aromatic carbocycles. The Morgan fingerprint density at radius 2 is 1.71 bits per heavy atom. The van der Waals surface area contributed by atoms with Crippen LogP contribution in [-0.4, -0.2) is 34.1 Å². The summed E-state index contributed by atoms with van der Waals surface area (Å²) in [6.07, 6.45) is 1.67. The molecule has 1 fully saturated rings. The molecular formula is C26H22N2O6S. The molecule has 1 aliphatic heterocycles. The molecule has 0 spiro atoms. The highest BCUT2D eigenvalue weighted by Crippen LogP contribution is 2.32. The molecule has 8 nitrogen and oxygen atoms in total. The molecule has 1 aliphatic rings. The van der Waals surface area contributed by atoms with Gasteiger partial charge in [-0.15, -0.1) is 0 Å². The number of imide groups is 1. The smallest absolute Gasteiger partial charge is 0.293 e. The van der Waals surface area contributed by atoms with Crippen molar-refractivity contribution in [2.24, 2.45) is 0 Å². The Kier molecular flexibility index (Phi) is 7.47. The van der Waals surface area contributed by atoms with Gasteiger partial charge in [0.2, 0.25) is 0 Å². The summed E-state index contributed by atoms with van der Waals surface area (Å²) < 4.78 is 11.4. The number of rotatable bonds is 9. The van der Waals surface area contributed by atoms with E-state index in [0.717, 1.165) is 28.5 Å². The summed E-state index contributed by atoms with van der Waals surface area (Å²) in [5.74, 6) is 0.969. The van der Waals surface area contributed by atoms with Crippen molar-refractivity contribution in [2.45, 2.75) is 13.5 Å². The van der Waals surface area contributed by atoms with E-state index in [1.807, 2.05) is 31.2 Å². The zero-order valence-electron chi connectivity index (χ0n) is 18.9. The number of thioether (sulfide) groups is 1. The third-order valence-corrected chi connectivity index (χ3v) is 6.08. The van der Waals surface area contributed by atoms with E-state index in [1.165, 1.54) is 17.0 Å². The lowest BCUT2D eigenvalue weighted by Crippen LogP contribution is -2.32. The number of aryl methyl sites for hydroxylation is 1. The molecule has 35 heavy (non-hydrogen) atoms. The summed E-state index contributed by atoms with van der Waals surface area (Å²) >= 11 is 0.904. The average Bonchev–Trinajstić information content (AvgIpc) is 3.11. The molecule has 4 rings (SSSR count). The number of hydrogen-bond donors (Lipinski definition) is 0. The summed E-state index contributed by atoms with van der Waals surface area (Å²) in [7, 11) is 0. The van der Waals surface area contributed by atoms with Crippen LogP contribution in [-0.2, 0) is 11.4 Å². The Balaban J connectivity index is 1.31. The van der Waals surface area contributed by atoms with Gasteiger partial charge in [0.1, 0.15) is 24.7 Å². The highest BCUT2D eigenvalue weighted by atomic mass is 32.2. The first kappa shape index (κ1) is 24.0. The van der Waals surface area contributed by atoms with Gasteiger partial charge in [0.05, 0.1) is 16.4 Å². The third-order valence-electron chi connectivity index (χ3n) is 5.18. The van der Waals surface area contributed by atoms with Crippen LogP contribution >= 0.6 is 11.8 Å². The minimum Gasteiger partial charge on any atom is -0.492 e. The van der Waals surface area contributed by atoms with Gasteiger partial charge in [-0.1, -0.05) is 24.3 Å². The molecule has 9 heteroatoms. The van der Waals surface area contributed by atoms with Crippen molar-refractivity contribution < 1.29 is 24.0 Å². The van der Waals surface area contributed by atoms with Crippen LogP contribution in [0.1, 0.15) is 16.7 Å². The number of amides is 2. The fraction of sp³-hybridized carbons (Fsp3) is 0.154. The predicted molar refractivity (Wildman–Crippen MR) is 133 cm³/mol. The van der Waals surface area contributed by atoms with Gasteiger partial charge in [-0.3, -0.25) is 24.6 Å². The molecule has 178 valence electrons. The summed E-state index contributed by atoms with van der Waals surface area (Å²) in [6.45, 7) is 2.62. The first-order valence-electron chi connectivity index (χ1n) is 10.8. The van der Waals surface area contributed by atoms with E-state index in [1.54, 1.807) is 42.5 Å². The number of benzene rings is 3. The molecule has 0 N–H and O–H groups in total. The first-order valence-corrected chi connectivity index (χ1v) is 11.6. The SMILES string of the molecule is Cc1cccc(OCCN2C(=O)S/C(=C\c3ccc(OCc4ccc([N+](=O)[O-])cc4)cc3)C2=O)c1. The number of ether oxygens (including phenoxy) is 2. The zero-order valence-corrected chi connectivity index (χ0v) is 19.7. The maximum atomic E-state index is 12.7. The van der Waals surface area contributed by atoms with E-state index in [2.05, 4.69) is 0 Å². The van der Waals surface area contributed by atoms with Crippen molar-refractivity contribution in [3.8, 4) is 11.5 Å². The van der Waals surface area contributed by atoms with E-state index in [0.29, 0.717) is 16.4 Å². The second-order valence-electron chi connectivity index (χ2n) is 7.78. The maximum absolute atomic E-state index is 12.7. The Hall–Kier alpha value is -4.11. The second-order valence-corrected chi connectivity index (χ2v) is 8.77. The van der Waals surface area contributed by atoms with E-state index in [4.69, 9.17) is 9.47 Å². The Bertz CT molecular complexity index is 1270. The normalized spacial score (nSPS) is 14.4. The molecule has 3 aromatic rings. The molecule has 0 saturated carbocycles. The van der Waals surface area contributed by atoms with Gasteiger partial charge < -0.3 is 9.47 Å². The van der Waals surface area contributed by atoms with Crippen molar-refractivity contribution in [3.05, 3.63) is 105 Å². The van der Waals surface area contributed by atoms with Crippen LogP contribution in [0.25, 0.3) is 6.08 Å². The quantitative estimate of drug-likeness (QED) is 0.219. The monoisotopic (exact) mass is 490 g/mol.